The van der Waals surface area contributed by atoms with Gasteiger partial charge in [0.2, 0.25) is 0 Å². The molecule has 0 saturated heterocycles. The summed E-state index contributed by atoms with van der Waals surface area (Å²) in [7, 11) is 0. The van der Waals surface area contributed by atoms with Gasteiger partial charge in [0.1, 0.15) is 12.0 Å². The molecule has 0 aromatic carbocycles. The highest BCUT2D eigenvalue weighted by Crippen LogP contribution is 2.11. The van der Waals surface area contributed by atoms with Crippen molar-refractivity contribution in [2.24, 2.45) is 0 Å². The molecule has 0 aliphatic carbocycles. The van der Waals surface area contributed by atoms with Gasteiger partial charge in [0, 0.05) is 6.07 Å². The number of aromatic amines is 1. The summed E-state index contributed by atoms with van der Waals surface area (Å²) in [5.41, 5.74) is 0.931. The van der Waals surface area contributed by atoms with Gasteiger partial charge >= 0.3 is 5.69 Å². The molecule has 2 rings (SSSR count). The lowest BCUT2D eigenvalue weighted by Crippen LogP contribution is -1.98. The van der Waals surface area contributed by atoms with Crippen molar-refractivity contribution >= 4 is 0 Å². The van der Waals surface area contributed by atoms with Gasteiger partial charge in [0.25, 0.3) is 0 Å². The Morgan fingerprint density at radius 3 is 3.30 bits per heavy atom. The van der Waals surface area contributed by atoms with Crippen LogP contribution in [0.15, 0.2) is 27.8 Å². The summed E-state index contributed by atoms with van der Waals surface area (Å²) in [6, 6.07) is 1.63. The average Bonchev–Trinajstić information content (AvgIpc) is 2.27. The first kappa shape index (κ1) is 5.22. The quantitative estimate of drug-likeness (QED) is 0.572. The Labute approximate surface area is 55.9 Å². The van der Waals surface area contributed by atoms with E-state index in [1.54, 1.807) is 6.07 Å². The van der Waals surface area contributed by atoms with Crippen molar-refractivity contribution in [2.75, 3.05) is 0 Å². The molecule has 50 valence electrons. The summed E-state index contributed by atoms with van der Waals surface area (Å²) < 4.78 is 4.79. The number of imidazole rings is 1. The molecule has 0 bridgehead atoms. The van der Waals surface area contributed by atoms with Gasteiger partial charge in [-0.2, -0.15) is 4.98 Å². The Hall–Kier alpha value is -1.58. The molecule has 0 saturated carbocycles. The van der Waals surface area contributed by atoms with Crippen molar-refractivity contribution in [3.8, 4) is 11.4 Å². The molecular formula is C6H4N2O2. The number of nitrogens with zero attached hydrogens (tertiary/aromatic N) is 1. The minimum Gasteiger partial charge on any atom is -0.470 e. The second-order valence-electron chi connectivity index (χ2n) is 1.90. The fourth-order valence-electron chi connectivity index (χ4n) is 0.805. The van der Waals surface area contributed by atoms with Crippen LogP contribution in [0.2, 0.25) is 0 Å². The first-order valence-electron chi connectivity index (χ1n) is 2.78. The zero-order valence-corrected chi connectivity index (χ0v) is 5.00. The van der Waals surface area contributed by atoms with Gasteiger partial charge in [-0.15, -0.1) is 0 Å². The van der Waals surface area contributed by atoms with E-state index in [9.17, 15) is 4.79 Å². The number of hydrogen-bond acceptors (Lipinski definition) is 3. The monoisotopic (exact) mass is 136 g/mol. The Morgan fingerprint density at radius 1 is 1.60 bits per heavy atom. The van der Waals surface area contributed by atoms with Crippen LogP contribution in [0.5, 0.6) is 0 Å². The summed E-state index contributed by atoms with van der Waals surface area (Å²) in [5, 5.41) is 0. The molecule has 0 fully saturated rings. The number of aromatic nitrogens is 2. The summed E-state index contributed by atoms with van der Waals surface area (Å²) in [4.78, 5) is 16.7. The van der Waals surface area contributed by atoms with Crippen LogP contribution in [0, 0.1) is 0 Å². The summed E-state index contributed by atoms with van der Waals surface area (Å²) in [6.45, 7) is 0. The molecule has 0 amide bonds. The third-order valence-corrected chi connectivity index (χ3v) is 1.23. The second kappa shape index (κ2) is 1.70. The molecule has 2 heterocycles. The molecule has 0 unspecified atom stereocenters. The Kier molecular flexibility index (Phi) is 0.887. The molecule has 4 nitrogen and oxygen atoms in total. The van der Waals surface area contributed by atoms with E-state index in [1.807, 2.05) is 0 Å². The van der Waals surface area contributed by atoms with E-state index in [4.69, 9.17) is 4.42 Å². The van der Waals surface area contributed by atoms with Gasteiger partial charge in [-0.3, -0.25) is 0 Å². The number of rotatable bonds is 0. The zero-order chi connectivity index (χ0) is 6.97. The van der Waals surface area contributed by atoms with Crippen molar-refractivity contribution in [3.63, 3.8) is 0 Å². The summed E-state index contributed by atoms with van der Waals surface area (Å²) in [5.74, 6) is 0. The molecule has 1 N–H and O–H groups in total. The smallest absolute Gasteiger partial charge is 0.346 e. The highest BCUT2D eigenvalue weighted by molar-refractivity contribution is 5.52. The van der Waals surface area contributed by atoms with Crippen LogP contribution in [-0.2, 0) is 0 Å². The van der Waals surface area contributed by atoms with Crippen LogP contribution < -0.4 is 5.69 Å². The molecule has 0 spiro atoms. The van der Waals surface area contributed by atoms with Crippen LogP contribution in [-0.4, -0.2) is 9.97 Å². The van der Waals surface area contributed by atoms with Crippen molar-refractivity contribution in [2.45, 2.75) is 0 Å². The lowest BCUT2D eigenvalue weighted by molar-refractivity contribution is 0.550. The molecular weight excluding hydrogens is 132 g/mol. The Bertz CT molecular complexity index is 329. The van der Waals surface area contributed by atoms with Gasteiger partial charge < -0.3 is 9.40 Å². The van der Waals surface area contributed by atoms with E-state index in [2.05, 4.69) is 9.97 Å². The second-order valence-corrected chi connectivity index (χ2v) is 1.90. The van der Waals surface area contributed by atoms with Crippen LogP contribution in [0.25, 0.3) is 11.4 Å². The maximum atomic E-state index is 10.6. The first-order valence-corrected chi connectivity index (χ1v) is 2.78. The van der Waals surface area contributed by atoms with Gasteiger partial charge in [-0.05, 0) is 0 Å². The third-order valence-electron chi connectivity index (χ3n) is 1.23. The lowest BCUT2D eigenvalue weighted by Gasteiger charge is -1.88. The molecule has 10 heavy (non-hydrogen) atoms. The van der Waals surface area contributed by atoms with Crippen molar-refractivity contribution in [1.29, 1.82) is 0 Å². The van der Waals surface area contributed by atoms with E-state index in [0.717, 1.165) is 0 Å². The van der Waals surface area contributed by atoms with Crippen LogP contribution >= 0.6 is 0 Å². The van der Waals surface area contributed by atoms with E-state index >= 15 is 0 Å². The zero-order valence-electron chi connectivity index (χ0n) is 5.00. The average molecular weight is 136 g/mol. The highest BCUT2D eigenvalue weighted by atomic mass is 16.3. The van der Waals surface area contributed by atoms with Crippen LogP contribution in [0.3, 0.4) is 0 Å². The Balaban J connectivity index is 2.88. The minimum absolute atomic E-state index is 0.337. The molecule has 0 aromatic heterocycles. The van der Waals surface area contributed by atoms with Gasteiger partial charge in [-0.1, -0.05) is 0 Å². The van der Waals surface area contributed by atoms with Crippen LogP contribution in [0.4, 0.5) is 0 Å². The van der Waals surface area contributed by atoms with Crippen molar-refractivity contribution < 1.29 is 4.42 Å². The van der Waals surface area contributed by atoms with Gasteiger partial charge in [0.05, 0.1) is 12.0 Å². The fraction of sp³-hybridized carbons (Fsp3) is 0. The van der Waals surface area contributed by atoms with E-state index in [-0.39, 0.29) is 5.69 Å². The topological polar surface area (TPSA) is 58.9 Å². The predicted molar refractivity (Wildman–Crippen MR) is 33.7 cm³/mol. The third kappa shape index (κ3) is 0.621. The number of fused-ring (bicyclic) bond motifs is 1. The van der Waals surface area contributed by atoms with Gasteiger partial charge in [-0.25, -0.2) is 4.79 Å². The molecule has 4 heteroatoms. The number of hydrogen-bond donors (Lipinski definition) is 1. The summed E-state index contributed by atoms with van der Waals surface area (Å²) in [6.07, 6.45) is 2.92. The highest BCUT2D eigenvalue weighted by Gasteiger charge is 2.04. The fourth-order valence-corrected chi connectivity index (χ4v) is 0.805. The molecule has 0 radical (unpaired) electrons. The van der Waals surface area contributed by atoms with Crippen LogP contribution in [0.1, 0.15) is 0 Å². The molecule has 2 aliphatic rings. The number of H-pyrrole nitrogens is 1. The van der Waals surface area contributed by atoms with E-state index in [1.165, 1.54) is 12.5 Å². The predicted octanol–water partition coefficient (Wildman–Crippen LogP) is 0.468. The maximum Gasteiger partial charge on any atom is 0.346 e. The van der Waals surface area contributed by atoms with Crippen molar-refractivity contribution in [3.05, 3.63) is 29.1 Å². The summed E-state index contributed by atoms with van der Waals surface area (Å²) >= 11 is 0. The molecule has 0 atom stereocenters. The maximum absolute atomic E-state index is 10.6. The SMILES string of the molecule is O=c1nc2ccocc-2[nH]1. The largest absolute Gasteiger partial charge is 0.470 e. The normalized spacial score (nSPS) is 10.4. The van der Waals surface area contributed by atoms with E-state index < -0.39 is 0 Å². The first-order chi connectivity index (χ1) is 4.86. The molecule has 2 aliphatic heterocycles. The number of nitrogens with one attached hydrogen (secondary N) is 1. The Morgan fingerprint density at radius 2 is 2.50 bits per heavy atom. The lowest BCUT2D eigenvalue weighted by atomic mass is 10.3. The standard InChI is InChI=1S/C6H4N2O2/c9-6-7-4-1-2-10-3-5(4)8-6/h1-3H,(H,8,9). The molecule has 0 aromatic rings. The van der Waals surface area contributed by atoms with Crippen molar-refractivity contribution in [1.82, 2.24) is 9.97 Å². The van der Waals surface area contributed by atoms with E-state index in [0.29, 0.717) is 11.4 Å². The van der Waals surface area contributed by atoms with Gasteiger partial charge in [0.15, 0.2) is 0 Å². The minimum atomic E-state index is -0.337.